The zero-order valence-electron chi connectivity index (χ0n) is 19.9. The number of ketones is 1. The third kappa shape index (κ3) is 5.02. The van der Waals surface area contributed by atoms with E-state index in [0.717, 1.165) is 42.5 Å². The summed E-state index contributed by atoms with van der Waals surface area (Å²) < 4.78 is 7.43. The standard InChI is InChI=1S/C27H30ClN3O3/c1-4-5-6-7-23-17-30(16-21-14-20(18(2)32)10-13-26(21)34-3)27(33)25-15-24(29-31(23)25)19-8-11-22(28)12-9-19/h8-15,23H,4-7,16-17H2,1-3H3. The first kappa shape index (κ1) is 24.0. The lowest BCUT2D eigenvalue weighted by Crippen LogP contribution is -2.42. The summed E-state index contributed by atoms with van der Waals surface area (Å²) in [5.41, 5.74) is 3.70. The van der Waals surface area contributed by atoms with E-state index in [1.54, 1.807) is 19.2 Å². The maximum absolute atomic E-state index is 13.6. The average Bonchev–Trinajstić information content (AvgIpc) is 3.28. The highest BCUT2D eigenvalue weighted by molar-refractivity contribution is 6.30. The van der Waals surface area contributed by atoms with Gasteiger partial charge in [0.05, 0.1) is 18.8 Å². The number of hydrogen-bond acceptors (Lipinski definition) is 4. The van der Waals surface area contributed by atoms with Crippen molar-refractivity contribution in [1.82, 2.24) is 14.7 Å². The summed E-state index contributed by atoms with van der Waals surface area (Å²) in [6.07, 6.45) is 4.28. The summed E-state index contributed by atoms with van der Waals surface area (Å²) in [5.74, 6) is 0.577. The number of unbranched alkanes of at least 4 members (excludes halogenated alkanes) is 2. The number of hydrogen-bond donors (Lipinski definition) is 0. The average molecular weight is 480 g/mol. The minimum absolute atomic E-state index is 0.0167. The highest BCUT2D eigenvalue weighted by Gasteiger charge is 2.33. The van der Waals surface area contributed by atoms with Gasteiger partial charge in [0.1, 0.15) is 11.4 Å². The molecule has 0 aliphatic carbocycles. The van der Waals surface area contributed by atoms with Crippen LogP contribution in [0.25, 0.3) is 11.3 Å². The van der Waals surface area contributed by atoms with Crippen molar-refractivity contribution in [3.05, 3.63) is 70.4 Å². The summed E-state index contributed by atoms with van der Waals surface area (Å²) in [6.45, 7) is 4.65. The van der Waals surface area contributed by atoms with E-state index in [9.17, 15) is 9.59 Å². The van der Waals surface area contributed by atoms with E-state index in [4.69, 9.17) is 21.4 Å². The molecule has 1 aromatic heterocycles. The highest BCUT2D eigenvalue weighted by atomic mass is 35.5. The lowest BCUT2D eigenvalue weighted by atomic mass is 10.0. The van der Waals surface area contributed by atoms with Crippen LogP contribution in [0.2, 0.25) is 5.02 Å². The van der Waals surface area contributed by atoms with Gasteiger partial charge in [-0.1, -0.05) is 49.9 Å². The number of rotatable bonds is 9. The molecule has 1 aliphatic heterocycles. The summed E-state index contributed by atoms with van der Waals surface area (Å²) in [5, 5.41) is 5.49. The van der Waals surface area contributed by atoms with Gasteiger partial charge in [-0.3, -0.25) is 14.3 Å². The molecule has 1 aliphatic rings. The Morgan fingerprint density at radius 2 is 1.91 bits per heavy atom. The topological polar surface area (TPSA) is 64.4 Å². The number of ether oxygens (including phenoxy) is 1. The maximum Gasteiger partial charge on any atom is 0.272 e. The summed E-state index contributed by atoms with van der Waals surface area (Å²) in [6, 6.07) is 14.8. The second-order valence-electron chi connectivity index (χ2n) is 8.78. The molecule has 0 saturated heterocycles. The van der Waals surface area contributed by atoms with Gasteiger partial charge in [0.2, 0.25) is 0 Å². The van der Waals surface area contributed by atoms with E-state index < -0.39 is 0 Å². The molecule has 0 radical (unpaired) electrons. The Bertz CT molecular complexity index is 1190. The third-order valence-electron chi connectivity index (χ3n) is 6.35. The van der Waals surface area contributed by atoms with Crippen LogP contribution in [0.4, 0.5) is 0 Å². The van der Waals surface area contributed by atoms with Crippen molar-refractivity contribution in [3.63, 3.8) is 0 Å². The fourth-order valence-corrected chi connectivity index (χ4v) is 4.60. The first-order valence-electron chi connectivity index (χ1n) is 11.7. The quantitative estimate of drug-likeness (QED) is 0.271. The molecule has 1 amide bonds. The van der Waals surface area contributed by atoms with Crippen molar-refractivity contribution in [2.75, 3.05) is 13.7 Å². The van der Waals surface area contributed by atoms with Crippen molar-refractivity contribution < 1.29 is 14.3 Å². The summed E-state index contributed by atoms with van der Waals surface area (Å²) in [7, 11) is 1.60. The van der Waals surface area contributed by atoms with Crippen LogP contribution in [0.3, 0.4) is 0 Å². The monoisotopic (exact) mass is 479 g/mol. The molecule has 0 bridgehead atoms. The van der Waals surface area contributed by atoms with Crippen LogP contribution >= 0.6 is 11.6 Å². The molecule has 2 heterocycles. The van der Waals surface area contributed by atoms with Crippen molar-refractivity contribution in [2.45, 2.75) is 52.1 Å². The predicted molar refractivity (Wildman–Crippen MR) is 134 cm³/mol. The number of carbonyl (C=O) groups excluding carboxylic acids is 2. The van der Waals surface area contributed by atoms with Crippen LogP contribution in [0.1, 0.15) is 72.0 Å². The minimum atomic E-state index is -0.0743. The van der Waals surface area contributed by atoms with Gasteiger partial charge in [0.15, 0.2) is 5.78 Å². The number of halogens is 1. The first-order chi connectivity index (χ1) is 16.4. The van der Waals surface area contributed by atoms with Gasteiger partial charge in [0, 0.05) is 34.8 Å². The smallest absolute Gasteiger partial charge is 0.272 e. The normalized spacial score (nSPS) is 15.4. The van der Waals surface area contributed by atoms with Crippen LogP contribution in [-0.2, 0) is 6.54 Å². The van der Waals surface area contributed by atoms with Crippen molar-refractivity contribution in [3.8, 4) is 17.0 Å². The number of nitrogens with zero attached hydrogens (tertiary/aromatic N) is 3. The van der Waals surface area contributed by atoms with E-state index in [0.29, 0.717) is 35.1 Å². The van der Waals surface area contributed by atoms with E-state index in [-0.39, 0.29) is 17.7 Å². The minimum Gasteiger partial charge on any atom is -0.496 e. The summed E-state index contributed by atoms with van der Waals surface area (Å²) in [4.78, 5) is 27.3. The van der Waals surface area contributed by atoms with Gasteiger partial charge in [-0.2, -0.15) is 5.10 Å². The highest BCUT2D eigenvalue weighted by Crippen LogP contribution is 2.32. The van der Waals surface area contributed by atoms with Gasteiger partial charge in [-0.15, -0.1) is 0 Å². The van der Waals surface area contributed by atoms with Crippen molar-refractivity contribution in [1.29, 1.82) is 0 Å². The molecule has 0 fully saturated rings. The fraction of sp³-hybridized carbons (Fsp3) is 0.370. The van der Waals surface area contributed by atoms with Crippen LogP contribution in [-0.4, -0.2) is 40.0 Å². The molecule has 1 unspecified atom stereocenters. The van der Waals surface area contributed by atoms with Crippen molar-refractivity contribution in [2.24, 2.45) is 0 Å². The third-order valence-corrected chi connectivity index (χ3v) is 6.60. The van der Waals surface area contributed by atoms with Crippen LogP contribution < -0.4 is 4.74 Å². The molecular weight excluding hydrogens is 450 g/mol. The predicted octanol–water partition coefficient (Wildman–Crippen LogP) is 6.19. The molecule has 7 heteroatoms. The largest absolute Gasteiger partial charge is 0.496 e. The number of amides is 1. The molecule has 3 aromatic rings. The number of benzene rings is 2. The maximum atomic E-state index is 13.6. The van der Waals surface area contributed by atoms with E-state index in [1.165, 1.54) is 6.92 Å². The number of Topliss-reactive ketones (excluding diaryl/α,β-unsaturated/α-hetero) is 1. The van der Waals surface area contributed by atoms with E-state index >= 15 is 0 Å². The zero-order valence-corrected chi connectivity index (χ0v) is 20.6. The molecule has 0 N–H and O–H groups in total. The second kappa shape index (κ2) is 10.4. The molecule has 0 spiro atoms. The number of fused-ring (bicyclic) bond motifs is 1. The van der Waals surface area contributed by atoms with Crippen LogP contribution in [0.15, 0.2) is 48.5 Å². The molecule has 6 nitrogen and oxygen atoms in total. The molecule has 1 atom stereocenters. The Labute approximate surface area is 205 Å². The number of aromatic nitrogens is 2. The Morgan fingerprint density at radius 3 is 2.59 bits per heavy atom. The van der Waals surface area contributed by atoms with E-state index in [2.05, 4.69) is 6.92 Å². The van der Waals surface area contributed by atoms with Gasteiger partial charge in [0.25, 0.3) is 5.91 Å². The molecule has 34 heavy (non-hydrogen) atoms. The lowest BCUT2D eigenvalue weighted by molar-refractivity contribution is 0.0633. The van der Waals surface area contributed by atoms with Gasteiger partial charge in [-0.05, 0) is 49.7 Å². The Morgan fingerprint density at radius 1 is 1.15 bits per heavy atom. The summed E-state index contributed by atoms with van der Waals surface area (Å²) >= 11 is 6.05. The SMILES string of the molecule is CCCCCC1CN(Cc2cc(C(C)=O)ccc2OC)C(=O)c2cc(-c3ccc(Cl)cc3)nn21. The molecular formula is C27H30ClN3O3. The molecule has 0 saturated carbocycles. The van der Waals surface area contributed by atoms with Gasteiger partial charge < -0.3 is 9.64 Å². The fourth-order valence-electron chi connectivity index (χ4n) is 4.48. The van der Waals surface area contributed by atoms with Gasteiger partial charge in [-0.25, -0.2) is 0 Å². The molecule has 4 rings (SSSR count). The molecule has 178 valence electrons. The Hall–Kier alpha value is -3.12. The lowest BCUT2D eigenvalue weighted by Gasteiger charge is -2.34. The van der Waals surface area contributed by atoms with E-state index in [1.807, 2.05) is 46.0 Å². The van der Waals surface area contributed by atoms with Gasteiger partial charge >= 0.3 is 0 Å². The number of carbonyl (C=O) groups is 2. The first-order valence-corrected chi connectivity index (χ1v) is 12.1. The van der Waals surface area contributed by atoms with Crippen LogP contribution in [0, 0.1) is 0 Å². The Balaban J connectivity index is 1.68. The Kier molecular flexibility index (Phi) is 7.37. The second-order valence-corrected chi connectivity index (χ2v) is 9.22. The van der Waals surface area contributed by atoms with Crippen molar-refractivity contribution >= 4 is 23.3 Å². The number of methoxy groups -OCH3 is 1. The molecule has 2 aromatic carbocycles. The zero-order chi connectivity index (χ0) is 24.2. The van der Waals surface area contributed by atoms with Crippen LogP contribution in [0.5, 0.6) is 5.75 Å².